The van der Waals surface area contributed by atoms with Gasteiger partial charge in [0.05, 0.1) is 6.54 Å². The third-order valence-electron chi connectivity index (χ3n) is 2.72. The Hall–Kier alpha value is -1.35. The minimum Gasteiger partial charge on any atom is -0.353 e. The van der Waals surface area contributed by atoms with Crippen molar-refractivity contribution in [3.8, 4) is 0 Å². The molecule has 1 aliphatic rings. The summed E-state index contributed by atoms with van der Waals surface area (Å²) < 4.78 is 0. The summed E-state index contributed by atoms with van der Waals surface area (Å²) in [5, 5.41) is 0. The van der Waals surface area contributed by atoms with Crippen LogP contribution in [-0.2, 0) is 0 Å². The van der Waals surface area contributed by atoms with Crippen LogP contribution in [0, 0.1) is 6.92 Å². The van der Waals surface area contributed by atoms with E-state index in [1.165, 1.54) is 11.1 Å². The fourth-order valence-corrected chi connectivity index (χ4v) is 2.07. The first-order valence-electron chi connectivity index (χ1n) is 5.79. The van der Waals surface area contributed by atoms with Gasteiger partial charge in [-0.2, -0.15) is 0 Å². The van der Waals surface area contributed by atoms with Gasteiger partial charge in [0.15, 0.2) is 0 Å². The number of nitrogens with zero attached hydrogens (tertiary/aromatic N) is 2. The van der Waals surface area contributed by atoms with Crippen molar-refractivity contribution < 1.29 is 0 Å². The van der Waals surface area contributed by atoms with E-state index >= 15 is 0 Å². The monoisotopic (exact) mass is 217 g/mol. The second kappa shape index (κ2) is 4.66. The summed E-state index contributed by atoms with van der Waals surface area (Å²) >= 11 is 0. The summed E-state index contributed by atoms with van der Waals surface area (Å²) in [4.78, 5) is 6.85. The van der Waals surface area contributed by atoms with E-state index < -0.39 is 0 Å². The number of hydrogen-bond donors (Lipinski definition) is 1. The van der Waals surface area contributed by atoms with Crippen LogP contribution in [-0.4, -0.2) is 36.4 Å². The van der Waals surface area contributed by atoms with Crippen LogP contribution in [0.3, 0.4) is 0 Å². The number of aryl methyl sites for hydroxylation is 1. The molecule has 0 saturated carbocycles. The molecule has 0 bridgehead atoms. The number of aliphatic imine (C=N–C) groups is 1. The molecule has 3 nitrogen and oxygen atoms in total. The molecule has 1 aromatic carbocycles. The van der Waals surface area contributed by atoms with Crippen LogP contribution in [0.5, 0.6) is 0 Å². The van der Waals surface area contributed by atoms with E-state index in [4.69, 9.17) is 5.73 Å². The Balaban J connectivity index is 2.20. The molecule has 2 rings (SSSR count). The Labute approximate surface area is 97.0 Å². The van der Waals surface area contributed by atoms with Crippen LogP contribution < -0.4 is 5.73 Å². The van der Waals surface area contributed by atoms with Gasteiger partial charge < -0.3 is 10.6 Å². The Morgan fingerprint density at radius 1 is 1.50 bits per heavy atom. The molecular formula is C13H19N3. The van der Waals surface area contributed by atoms with E-state index in [2.05, 4.69) is 41.1 Å². The van der Waals surface area contributed by atoms with E-state index in [9.17, 15) is 0 Å². The summed E-state index contributed by atoms with van der Waals surface area (Å²) in [6, 6.07) is 8.67. The molecule has 86 valence electrons. The number of hydrogen-bond acceptors (Lipinski definition) is 3. The predicted octanol–water partition coefficient (Wildman–Crippen LogP) is 1.40. The quantitative estimate of drug-likeness (QED) is 0.831. The second-order valence-corrected chi connectivity index (χ2v) is 4.50. The molecule has 0 amide bonds. The van der Waals surface area contributed by atoms with Crippen LogP contribution in [0.1, 0.15) is 18.1 Å². The number of rotatable bonds is 3. The van der Waals surface area contributed by atoms with E-state index in [-0.39, 0.29) is 6.04 Å². The lowest BCUT2D eigenvalue weighted by atomic mass is 10.1. The fourth-order valence-electron chi connectivity index (χ4n) is 2.07. The average molecular weight is 217 g/mol. The standard InChI is InChI=1S/C13H19N3/c1-10-4-3-5-12(8-10)13-15-6-7-16(13)9-11(2)14/h3-5,8,11H,6-7,9,14H2,1-2H3. The minimum absolute atomic E-state index is 0.188. The third-order valence-corrected chi connectivity index (χ3v) is 2.72. The summed E-state index contributed by atoms with van der Waals surface area (Å²) in [5.74, 6) is 1.10. The summed E-state index contributed by atoms with van der Waals surface area (Å²) in [6.45, 7) is 6.90. The normalized spacial score (nSPS) is 17.4. The summed E-state index contributed by atoms with van der Waals surface area (Å²) in [7, 11) is 0. The Bertz CT molecular complexity index is 396. The second-order valence-electron chi connectivity index (χ2n) is 4.50. The van der Waals surface area contributed by atoms with Gasteiger partial charge in [0.2, 0.25) is 0 Å². The molecule has 0 radical (unpaired) electrons. The number of benzene rings is 1. The largest absolute Gasteiger partial charge is 0.353 e. The maximum atomic E-state index is 5.85. The molecule has 1 aliphatic heterocycles. The molecule has 0 fully saturated rings. The van der Waals surface area contributed by atoms with E-state index in [0.29, 0.717) is 0 Å². The zero-order valence-corrected chi connectivity index (χ0v) is 9.98. The van der Waals surface area contributed by atoms with E-state index in [1.807, 2.05) is 6.92 Å². The molecular weight excluding hydrogens is 198 g/mol. The van der Waals surface area contributed by atoms with Crippen molar-refractivity contribution >= 4 is 5.84 Å². The molecule has 1 aromatic rings. The molecule has 3 heteroatoms. The lowest BCUT2D eigenvalue weighted by Gasteiger charge is -2.22. The SMILES string of the molecule is Cc1cccc(C2=NCCN2CC(C)N)c1. The van der Waals surface area contributed by atoms with Gasteiger partial charge in [-0.1, -0.05) is 23.8 Å². The first-order chi connectivity index (χ1) is 7.66. The lowest BCUT2D eigenvalue weighted by molar-refractivity contribution is 0.426. The van der Waals surface area contributed by atoms with Crippen LogP contribution in [0.25, 0.3) is 0 Å². The maximum absolute atomic E-state index is 5.85. The van der Waals surface area contributed by atoms with Gasteiger partial charge in [-0.05, 0) is 19.9 Å². The topological polar surface area (TPSA) is 41.6 Å². The van der Waals surface area contributed by atoms with Crippen LogP contribution >= 0.6 is 0 Å². The van der Waals surface area contributed by atoms with Crippen molar-refractivity contribution in [3.05, 3.63) is 35.4 Å². The molecule has 0 aromatic heterocycles. The molecule has 2 N–H and O–H groups in total. The molecule has 0 spiro atoms. The lowest BCUT2D eigenvalue weighted by Crippen LogP contribution is -2.38. The molecule has 16 heavy (non-hydrogen) atoms. The Morgan fingerprint density at radius 2 is 2.31 bits per heavy atom. The smallest absolute Gasteiger partial charge is 0.131 e. The van der Waals surface area contributed by atoms with Gasteiger partial charge in [-0.25, -0.2) is 0 Å². The molecule has 1 atom stereocenters. The van der Waals surface area contributed by atoms with Gasteiger partial charge >= 0.3 is 0 Å². The van der Waals surface area contributed by atoms with Crippen LogP contribution in [0.15, 0.2) is 29.3 Å². The molecule has 0 saturated heterocycles. The molecule has 1 unspecified atom stereocenters. The van der Waals surface area contributed by atoms with Crippen molar-refractivity contribution in [2.24, 2.45) is 10.7 Å². The summed E-state index contributed by atoms with van der Waals surface area (Å²) in [6.07, 6.45) is 0. The van der Waals surface area contributed by atoms with Crippen molar-refractivity contribution in [2.45, 2.75) is 19.9 Å². The third kappa shape index (κ3) is 2.42. The minimum atomic E-state index is 0.188. The highest BCUT2D eigenvalue weighted by molar-refractivity contribution is 5.99. The molecule has 0 aliphatic carbocycles. The Kier molecular flexibility index (Phi) is 3.25. The molecule has 1 heterocycles. The fraction of sp³-hybridized carbons (Fsp3) is 0.462. The van der Waals surface area contributed by atoms with E-state index in [0.717, 1.165) is 25.5 Å². The van der Waals surface area contributed by atoms with Gasteiger partial charge in [0.1, 0.15) is 5.84 Å². The maximum Gasteiger partial charge on any atom is 0.131 e. The van der Waals surface area contributed by atoms with Gasteiger partial charge in [-0.15, -0.1) is 0 Å². The first kappa shape index (κ1) is 11.1. The van der Waals surface area contributed by atoms with Crippen LogP contribution in [0.4, 0.5) is 0 Å². The number of amidine groups is 1. The van der Waals surface area contributed by atoms with Crippen LogP contribution in [0.2, 0.25) is 0 Å². The first-order valence-corrected chi connectivity index (χ1v) is 5.79. The highest BCUT2D eigenvalue weighted by atomic mass is 15.2. The van der Waals surface area contributed by atoms with Crippen molar-refractivity contribution in [1.82, 2.24) is 4.90 Å². The summed E-state index contributed by atoms with van der Waals surface area (Å²) in [5.41, 5.74) is 8.32. The van der Waals surface area contributed by atoms with Crippen molar-refractivity contribution in [3.63, 3.8) is 0 Å². The zero-order valence-electron chi connectivity index (χ0n) is 9.98. The highest BCUT2D eigenvalue weighted by Crippen LogP contribution is 2.13. The Morgan fingerprint density at radius 3 is 3.00 bits per heavy atom. The predicted molar refractivity (Wildman–Crippen MR) is 67.8 cm³/mol. The van der Waals surface area contributed by atoms with E-state index in [1.54, 1.807) is 0 Å². The zero-order chi connectivity index (χ0) is 11.5. The van der Waals surface area contributed by atoms with Gasteiger partial charge in [-0.3, -0.25) is 4.99 Å². The van der Waals surface area contributed by atoms with Crippen molar-refractivity contribution in [1.29, 1.82) is 0 Å². The van der Waals surface area contributed by atoms with Crippen molar-refractivity contribution in [2.75, 3.05) is 19.6 Å². The highest BCUT2D eigenvalue weighted by Gasteiger charge is 2.19. The number of nitrogens with two attached hydrogens (primary N) is 1. The van der Waals surface area contributed by atoms with Gasteiger partial charge in [0, 0.05) is 24.7 Å². The average Bonchev–Trinajstić information content (AvgIpc) is 2.65. The van der Waals surface area contributed by atoms with Gasteiger partial charge in [0.25, 0.3) is 0 Å².